The molecule has 0 saturated heterocycles. The molecule has 0 aliphatic heterocycles. The molecule has 2 unspecified atom stereocenters. The number of hydrogen-bond donors (Lipinski definition) is 3. The summed E-state index contributed by atoms with van der Waals surface area (Å²) in [6.45, 7) is 4.92. The van der Waals surface area contributed by atoms with Crippen LogP contribution in [-0.4, -0.2) is 37.3 Å². The second kappa shape index (κ2) is 13.9. The van der Waals surface area contributed by atoms with Crippen molar-refractivity contribution in [2.24, 2.45) is 11.7 Å². The van der Waals surface area contributed by atoms with Crippen LogP contribution in [0.5, 0.6) is 0 Å². The van der Waals surface area contributed by atoms with Crippen molar-refractivity contribution in [3.8, 4) is 23.0 Å². The maximum Gasteiger partial charge on any atom is 0.435 e. The molecule has 0 spiro atoms. The SMILES string of the molecule is C=CC1Cc2c(C(F)(F)F)nn(CC(=O)NC(Cc3cc(F)cc(F)c3)c3nc(C#CC(C)(C)O)ccc3-c3ccc(F)c(C(N)=O)c3)c2C1(F)F. The van der Waals surface area contributed by atoms with Crippen LogP contribution in [0.15, 0.2) is 61.2 Å². The van der Waals surface area contributed by atoms with Crippen LogP contribution in [0.3, 0.4) is 0 Å². The zero-order valence-electron chi connectivity index (χ0n) is 27.4. The first kappa shape index (κ1) is 37.7. The fourth-order valence-electron chi connectivity index (χ4n) is 5.87. The molecule has 2 aromatic heterocycles. The molecule has 4 aromatic rings. The van der Waals surface area contributed by atoms with Gasteiger partial charge in [0.15, 0.2) is 5.69 Å². The van der Waals surface area contributed by atoms with Crippen molar-refractivity contribution in [2.75, 3.05) is 0 Å². The normalized spacial score (nSPS) is 15.7. The molecule has 0 radical (unpaired) electrons. The lowest BCUT2D eigenvalue weighted by Crippen LogP contribution is -2.35. The van der Waals surface area contributed by atoms with E-state index in [1.807, 2.05) is 0 Å². The molecule has 0 fully saturated rings. The highest BCUT2D eigenvalue weighted by molar-refractivity contribution is 5.94. The van der Waals surface area contributed by atoms with E-state index in [1.165, 1.54) is 32.0 Å². The van der Waals surface area contributed by atoms with Crippen LogP contribution in [0.4, 0.5) is 35.1 Å². The summed E-state index contributed by atoms with van der Waals surface area (Å²) in [6, 6.07) is 7.10. The summed E-state index contributed by atoms with van der Waals surface area (Å²) in [6.07, 6.45) is -5.48. The number of pyridine rings is 1. The fraction of sp³-hybridized carbons (Fsp3) is 0.278. The van der Waals surface area contributed by atoms with Crippen molar-refractivity contribution < 1.29 is 49.8 Å². The third-order valence-electron chi connectivity index (χ3n) is 8.09. The Morgan fingerprint density at radius 1 is 1.12 bits per heavy atom. The van der Waals surface area contributed by atoms with E-state index in [-0.39, 0.29) is 32.8 Å². The highest BCUT2D eigenvalue weighted by atomic mass is 19.4. The summed E-state index contributed by atoms with van der Waals surface area (Å²) in [5.74, 6) is -5.59. The van der Waals surface area contributed by atoms with Crippen LogP contribution in [0.2, 0.25) is 0 Å². The molecule has 272 valence electrons. The number of nitrogens with one attached hydrogen (secondary N) is 1. The molecule has 4 N–H and O–H groups in total. The van der Waals surface area contributed by atoms with Gasteiger partial charge >= 0.3 is 6.18 Å². The summed E-state index contributed by atoms with van der Waals surface area (Å²) in [5, 5.41) is 16.0. The Bertz CT molecular complexity index is 2120. The Morgan fingerprint density at radius 3 is 2.38 bits per heavy atom. The molecule has 16 heteroatoms. The van der Waals surface area contributed by atoms with Gasteiger partial charge < -0.3 is 16.2 Å². The molecule has 1 aliphatic carbocycles. The van der Waals surface area contributed by atoms with Gasteiger partial charge in [0.1, 0.15) is 41.0 Å². The van der Waals surface area contributed by atoms with Crippen LogP contribution in [0.1, 0.15) is 64.1 Å². The molecule has 8 nitrogen and oxygen atoms in total. The molecular weight excluding hydrogens is 702 g/mol. The highest BCUT2D eigenvalue weighted by Crippen LogP contribution is 2.50. The molecule has 0 saturated carbocycles. The predicted molar refractivity (Wildman–Crippen MR) is 171 cm³/mol. The summed E-state index contributed by atoms with van der Waals surface area (Å²) >= 11 is 0. The van der Waals surface area contributed by atoms with Gasteiger partial charge in [0, 0.05) is 17.2 Å². The number of aliphatic hydroxyl groups is 1. The van der Waals surface area contributed by atoms with Gasteiger partial charge in [-0.2, -0.15) is 27.1 Å². The average molecular weight is 732 g/mol. The summed E-state index contributed by atoms with van der Waals surface area (Å²) in [4.78, 5) is 30.1. The van der Waals surface area contributed by atoms with Crippen molar-refractivity contribution in [3.63, 3.8) is 0 Å². The van der Waals surface area contributed by atoms with Crippen LogP contribution in [-0.2, 0) is 36.3 Å². The van der Waals surface area contributed by atoms with Crippen molar-refractivity contribution in [3.05, 3.63) is 118 Å². The standard InChI is InChI=1S/C36H29F8N5O3/c1-4-20-15-26-31(36(42,43)44)48-49(32(26)35(20,40)41)17-29(50)47-28(13-18-11-21(37)16-22(38)12-18)30-24(7-6-23(46-30)9-10-34(2,3)52)19-5-8-27(39)25(14-19)33(45)51/h4-8,11-12,14,16,20,28,52H,1,13,15,17H2,2-3H3,(H2,45,51)(H,47,50). The summed E-state index contributed by atoms with van der Waals surface area (Å²) in [5.41, 5.74) is -0.0867. The Labute approximate surface area is 291 Å². The van der Waals surface area contributed by atoms with Gasteiger partial charge in [0.2, 0.25) is 5.91 Å². The number of nitrogens with two attached hydrogens (primary N) is 1. The van der Waals surface area contributed by atoms with Gasteiger partial charge in [0.05, 0.1) is 23.2 Å². The molecular formula is C36H29F8N5O3. The highest BCUT2D eigenvalue weighted by Gasteiger charge is 2.55. The maximum atomic E-state index is 15.4. The van der Waals surface area contributed by atoms with Gasteiger partial charge in [-0.05, 0) is 80.1 Å². The number of amides is 2. The number of carbonyl (C=O) groups excluding carboxylic acids is 2. The average Bonchev–Trinajstić information content (AvgIpc) is 3.53. The third kappa shape index (κ3) is 7.99. The zero-order valence-corrected chi connectivity index (χ0v) is 27.4. The number of nitrogens with zero attached hydrogens (tertiary/aromatic N) is 3. The van der Waals surface area contributed by atoms with E-state index in [2.05, 4.69) is 33.8 Å². The fourth-order valence-corrected chi connectivity index (χ4v) is 5.87. The van der Waals surface area contributed by atoms with E-state index in [1.54, 1.807) is 0 Å². The Kier molecular flexibility index (Phi) is 10.1. The Balaban J connectivity index is 1.65. The topological polar surface area (TPSA) is 123 Å². The minimum Gasteiger partial charge on any atom is -0.378 e. The van der Waals surface area contributed by atoms with Gasteiger partial charge in [-0.15, -0.1) is 6.58 Å². The molecule has 0 bridgehead atoms. The molecule has 2 amide bonds. The first-order valence-corrected chi connectivity index (χ1v) is 15.5. The summed E-state index contributed by atoms with van der Waals surface area (Å²) in [7, 11) is 0. The zero-order chi connectivity index (χ0) is 38.3. The number of hydrogen-bond acceptors (Lipinski definition) is 5. The largest absolute Gasteiger partial charge is 0.435 e. The van der Waals surface area contributed by atoms with Crippen molar-refractivity contribution in [1.29, 1.82) is 0 Å². The molecule has 2 aromatic carbocycles. The van der Waals surface area contributed by atoms with Crippen LogP contribution >= 0.6 is 0 Å². The van der Waals surface area contributed by atoms with Gasteiger partial charge in [-0.3, -0.25) is 14.3 Å². The Morgan fingerprint density at radius 2 is 1.79 bits per heavy atom. The third-order valence-corrected chi connectivity index (χ3v) is 8.09. The molecule has 5 rings (SSSR count). The van der Waals surface area contributed by atoms with E-state index >= 15 is 8.78 Å². The van der Waals surface area contributed by atoms with Gasteiger partial charge in [0.25, 0.3) is 11.8 Å². The van der Waals surface area contributed by atoms with E-state index in [0.717, 1.165) is 30.3 Å². The lowest BCUT2D eigenvalue weighted by Gasteiger charge is -2.23. The molecule has 1 aliphatic rings. The van der Waals surface area contributed by atoms with Crippen LogP contribution in [0, 0.1) is 35.2 Å². The first-order chi connectivity index (χ1) is 24.2. The number of fused-ring (bicyclic) bond motifs is 1. The minimum absolute atomic E-state index is 0.00222. The Hall–Kier alpha value is -5.56. The second-order valence-corrected chi connectivity index (χ2v) is 12.6. The number of rotatable bonds is 9. The quantitative estimate of drug-likeness (QED) is 0.108. The monoisotopic (exact) mass is 731 g/mol. The van der Waals surface area contributed by atoms with Crippen LogP contribution in [0.25, 0.3) is 11.1 Å². The first-order valence-electron chi connectivity index (χ1n) is 15.5. The number of carbonyl (C=O) groups is 2. The number of halogens is 8. The number of aromatic nitrogens is 3. The van der Waals surface area contributed by atoms with E-state index in [4.69, 9.17) is 5.73 Å². The lowest BCUT2D eigenvalue weighted by molar-refractivity contribution is -0.142. The number of allylic oxidation sites excluding steroid dienone is 1. The van der Waals surface area contributed by atoms with Gasteiger partial charge in [-0.1, -0.05) is 18.1 Å². The molecule has 2 heterocycles. The van der Waals surface area contributed by atoms with E-state index in [9.17, 15) is 41.0 Å². The lowest BCUT2D eigenvalue weighted by atomic mass is 9.94. The molecule has 52 heavy (non-hydrogen) atoms. The van der Waals surface area contributed by atoms with E-state index < -0.39 is 101 Å². The predicted octanol–water partition coefficient (Wildman–Crippen LogP) is 6.15. The minimum atomic E-state index is -5.13. The van der Waals surface area contributed by atoms with Crippen molar-refractivity contribution >= 4 is 11.8 Å². The van der Waals surface area contributed by atoms with E-state index in [0.29, 0.717) is 6.07 Å². The number of primary amides is 1. The smallest absolute Gasteiger partial charge is 0.378 e. The summed E-state index contributed by atoms with van der Waals surface area (Å²) < 4.78 is 116. The number of benzene rings is 2. The van der Waals surface area contributed by atoms with Crippen molar-refractivity contribution in [1.82, 2.24) is 20.1 Å². The van der Waals surface area contributed by atoms with Crippen molar-refractivity contribution in [2.45, 2.75) is 57.0 Å². The van der Waals surface area contributed by atoms with Crippen LogP contribution < -0.4 is 11.1 Å². The maximum absolute atomic E-state index is 15.4. The second-order valence-electron chi connectivity index (χ2n) is 12.6. The molecule has 2 atom stereocenters. The number of alkyl halides is 5. The van der Waals surface area contributed by atoms with Gasteiger partial charge in [-0.25, -0.2) is 18.2 Å².